The molecule has 1 aliphatic carbocycles. The van der Waals surface area contributed by atoms with E-state index in [1.807, 2.05) is 0 Å². The Kier molecular flexibility index (Phi) is 5.96. The van der Waals surface area contributed by atoms with E-state index in [0.717, 1.165) is 12.5 Å². The minimum Gasteiger partial charge on any atom is -0.481 e. The number of aliphatic carboxylic acids is 1. The lowest BCUT2D eigenvalue weighted by Gasteiger charge is -2.41. The first-order valence-corrected chi connectivity index (χ1v) is 7.02. The third kappa shape index (κ3) is 4.30. The van der Waals surface area contributed by atoms with E-state index in [9.17, 15) is 4.79 Å². The van der Waals surface area contributed by atoms with Crippen LogP contribution in [0.15, 0.2) is 0 Å². The van der Waals surface area contributed by atoms with Gasteiger partial charge in [0.05, 0.1) is 6.42 Å². The van der Waals surface area contributed by atoms with Crippen molar-refractivity contribution in [3.63, 3.8) is 0 Å². The Hall–Kier alpha value is -0.570. The second kappa shape index (κ2) is 7.00. The molecule has 2 atom stereocenters. The molecule has 0 aromatic heterocycles. The summed E-state index contributed by atoms with van der Waals surface area (Å²) in [7, 11) is 0. The van der Waals surface area contributed by atoms with Crippen LogP contribution in [0.4, 0.5) is 0 Å². The molecule has 0 radical (unpaired) electrons. The highest BCUT2D eigenvalue weighted by Crippen LogP contribution is 2.33. The molecule has 1 N–H and O–H groups in total. The van der Waals surface area contributed by atoms with Crippen molar-refractivity contribution in [2.24, 2.45) is 11.8 Å². The number of rotatable bonds is 6. The van der Waals surface area contributed by atoms with E-state index in [1.165, 1.54) is 25.7 Å². The predicted molar refractivity (Wildman–Crippen MR) is 70.1 cm³/mol. The van der Waals surface area contributed by atoms with Gasteiger partial charge >= 0.3 is 5.97 Å². The maximum Gasteiger partial charge on any atom is 0.304 e. The summed E-state index contributed by atoms with van der Waals surface area (Å²) in [5.74, 6) is 0.775. The van der Waals surface area contributed by atoms with Gasteiger partial charge in [-0.2, -0.15) is 0 Å². The van der Waals surface area contributed by atoms with Crippen LogP contribution in [0.25, 0.3) is 0 Å². The van der Waals surface area contributed by atoms with Crippen molar-refractivity contribution in [1.82, 2.24) is 4.90 Å². The average Bonchev–Trinajstić information content (AvgIpc) is 2.30. The van der Waals surface area contributed by atoms with Gasteiger partial charge in [-0.3, -0.25) is 9.69 Å². The van der Waals surface area contributed by atoms with Gasteiger partial charge in [-0.1, -0.05) is 33.6 Å². The Morgan fingerprint density at radius 1 is 1.35 bits per heavy atom. The monoisotopic (exact) mass is 241 g/mol. The Labute approximate surface area is 105 Å². The molecule has 0 aliphatic heterocycles. The molecule has 100 valence electrons. The lowest BCUT2D eigenvalue weighted by atomic mass is 9.77. The van der Waals surface area contributed by atoms with Gasteiger partial charge in [-0.05, 0) is 31.2 Å². The third-order valence-corrected chi connectivity index (χ3v) is 4.13. The largest absolute Gasteiger partial charge is 0.481 e. The summed E-state index contributed by atoms with van der Waals surface area (Å²) in [5.41, 5.74) is 0. The second-order valence-corrected chi connectivity index (χ2v) is 5.53. The van der Waals surface area contributed by atoms with E-state index >= 15 is 0 Å². The molecular weight excluding hydrogens is 214 g/mol. The molecule has 0 spiro atoms. The van der Waals surface area contributed by atoms with Gasteiger partial charge in [-0.15, -0.1) is 0 Å². The van der Waals surface area contributed by atoms with Gasteiger partial charge in [0.15, 0.2) is 0 Å². The Balaban J connectivity index is 2.60. The summed E-state index contributed by atoms with van der Waals surface area (Å²) in [6.45, 7) is 8.43. The number of carbonyl (C=O) groups is 1. The van der Waals surface area contributed by atoms with Crippen molar-refractivity contribution in [2.75, 3.05) is 13.1 Å². The standard InChI is InChI=1S/C14H27NO2/c1-4-15(10-9-14(16)17)13-8-6-5-7-12(13)11(2)3/h11-13H,4-10H2,1-3H3,(H,16,17). The van der Waals surface area contributed by atoms with E-state index in [2.05, 4.69) is 25.7 Å². The summed E-state index contributed by atoms with van der Waals surface area (Å²) in [6, 6.07) is 0.605. The highest BCUT2D eigenvalue weighted by atomic mass is 16.4. The first-order valence-electron chi connectivity index (χ1n) is 7.02. The zero-order chi connectivity index (χ0) is 12.8. The zero-order valence-electron chi connectivity index (χ0n) is 11.5. The number of nitrogens with zero attached hydrogens (tertiary/aromatic N) is 1. The maximum atomic E-state index is 10.7. The number of carboxylic acid groups (broad SMARTS) is 1. The Bertz CT molecular complexity index is 240. The van der Waals surface area contributed by atoms with Gasteiger partial charge in [0.1, 0.15) is 0 Å². The van der Waals surface area contributed by atoms with Crippen LogP contribution >= 0.6 is 0 Å². The second-order valence-electron chi connectivity index (χ2n) is 5.53. The van der Waals surface area contributed by atoms with Crippen LogP contribution < -0.4 is 0 Å². The third-order valence-electron chi connectivity index (χ3n) is 4.13. The Morgan fingerprint density at radius 2 is 2.00 bits per heavy atom. The molecule has 3 nitrogen and oxygen atoms in total. The van der Waals surface area contributed by atoms with Gasteiger partial charge in [0.2, 0.25) is 0 Å². The zero-order valence-corrected chi connectivity index (χ0v) is 11.5. The molecule has 1 saturated carbocycles. The fourth-order valence-corrected chi connectivity index (χ4v) is 3.17. The molecule has 17 heavy (non-hydrogen) atoms. The summed E-state index contributed by atoms with van der Waals surface area (Å²) in [4.78, 5) is 13.1. The smallest absolute Gasteiger partial charge is 0.304 e. The predicted octanol–water partition coefficient (Wildman–Crippen LogP) is 3.00. The highest BCUT2D eigenvalue weighted by molar-refractivity contribution is 5.66. The van der Waals surface area contributed by atoms with E-state index < -0.39 is 5.97 Å². The minimum atomic E-state index is -0.680. The van der Waals surface area contributed by atoms with E-state index in [1.54, 1.807) is 0 Å². The molecule has 1 rings (SSSR count). The molecule has 2 unspecified atom stereocenters. The van der Waals surface area contributed by atoms with Crippen molar-refractivity contribution in [1.29, 1.82) is 0 Å². The number of carboxylic acids is 1. The fourth-order valence-electron chi connectivity index (χ4n) is 3.17. The van der Waals surface area contributed by atoms with Crippen LogP contribution in [0.1, 0.15) is 52.9 Å². The molecule has 0 amide bonds. The van der Waals surface area contributed by atoms with E-state index in [4.69, 9.17) is 5.11 Å². The van der Waals surface area contributed by atoms with Crippen molar-refractivity contribution in [2.45, 2.75) is 58.9 Å². The fraction of sp³-hybridized carbons (Fsp3) is 0.929. The average molecular weight is 241 g/mol. The van der Waals surface area contributed by atoms with Crippen LogP contribution in [0.5, 0.6) is 0 Å². The van der Waals surface area contributed by atoms with Crippen molar-refractivity contribution in [3.8, 4) is 0 Å². The maximum absolute atomic E-state index is 10.7. The van der Waals surface area contributed by atoms with E-state index in [-0.39, 0.29) is 6.42 Å². The van der Waals surface area contributed by atoms with Crippen molar-refractivity contribution < 1.29 is 9.90 Å². The Morgan fingerprint density at radius 3 is 2.53 bits per heavy atom. The molecule has 0 aromatic rings. The van der Waals surface area contributed by atoms with E-state index in [0.29, 0.717) is 18.5 Å². The molecular formula is C14H27NO2. The normalized spacial score (nSPS) is 25.5. The quantitative estimate of drug-likeness (QED) is 0.777. The molecule has 0 aromatic carbocycles. The van der Waals surface area contributed by atoms with Crippen LogP contribution in [0, 0.1) is 11.8 Å². The molecule has 0 heterocycles. The van der Waals surface area contributed by atoms with Gasteiger partial charge < -0.3 is 5.11 Å². The summed E-state index contributed by atoms with van der Waals surface area (Å²) < 4.78 is 0. The van der Waals surface area contributed by atoms with Crippen molar-refractivity contribution >= 4 is 5.97 Å². The van der Waals surface area contributed by atoms with Crippen molar-refractivity contribution in [3.05, 3.63) is 0 Å². The van der Waals surface area contributed by atoms with Crippen LogP contribution in [0.2, 0.25) is 0 Å². The first kappa shape index (κ1) is 14.5. The molecule has 3 heteroatoms. The topological polar surface area (TPSA) is 40.5 Å². The molecule has 0 bridgehead atoms. The first-order chi connectivity index (χ1) is 8.06. The highest BCUT2D eigenvalue weighted by Gasteiger charge is 2.31. The van der Waals surface area contributed by atoms with Gasteiger partial charge in [0.25, 0.3) is 0 Å². The summed E-state index contributed by atoms with van der Waals surface area (Å²) >= 11 is 0. The van der Waals surface area contributed by atoms with Gasteiger partial charge in [0, 0.05) is 12.6 Å². The number of hydrogen-bond donors (Lipinski definition) is 1. The molecule has 1 fully saturated rings. The molecule has 0 saturated heterocycles. The van der Waals surface area contributed by atoms with Crippen LogP contribution in [-0.4, -0.2) is 35.1 Å². The summed E-state index contributed by atoms with van der Waals surface area (Å²) in [6.07, 6.45) is 5.48. The molecule has 1 aliphatic rings. The van der Waals surface area contributed by atoms with Crippen LogP contribution in [-0.2, 0) is 4.79 Å². The summed E-state index contributed by atoms with van der Waals surface area (Å²) in [5, 5.41) is 8.80. The van der Waals surface area contributed by atoms with Crippen LogP contribution in [0.3, 0.4) is 0 Å². The lowest BCUT2D eigenvalue weighted by Crippen LogP contribution is -2.45. The SMILES string of the molecule is CCN(CCC(=O)O)C1CCCCC1C(C)C. The number of hydrogen-bond acceptors (Lipinski definition) is 2. The minimum absolute atomic E-state index is 0.273. The lowest BCUT2D eigenvalue weighted by molar-refractivity contribution is -0.137. The van der Waals surface area contributed by atoms with Gasteiger partial charge in [-0.25, -0.2) is 0 Å².